The fourth-order valence-corrected chi connectivity index (χ4v) is 3.20. The Balaban J connectivity index is 1.52. The molecule has 2 aromatic heterocycles. The van der Waals surface area contributed by atoms with Crippen LogP contribution >= 0.6 is 0 Å². The Kier molecular flexibility index (Phi) is 3.65. The fraction of sp³-hybridized carbons (Fsp3) is 0.588. The van der Waals surface area contributed by atoms with Crippen molar-refractivity contribution in [3.63, 3.8) is 0 Å². The summed E-state index contributed by atoms with van der Waals surface area (Å²) in [5, 5.41) is 4.90. The molecule has 112 valence electrons. The number of rotatable bonds is 6. The quantitative estimate of drug-likeness (QED) is 0.887. The zero-order valence-corrected chi connectivity index (χ0v) is 12.4. The molecule has 2 aliphatic rings. The van der Waals surface area contributed by atoms with Crippen LogP contribution < -0.4 is 5.32 Å². The molecule has 3 heterocycles. The molecule has 4 heteroatoms. The van der Waals surface area contributed by atoms with Gasteiger partial charge in [0.25, 0.3) is 0 Å². The van der Waals surface area contributed by atoms with Gasteiger partial charge in [0.2, 0.25) is 0 Å². The molecule has 1 N–H and O–H groups in total. The second-order valence-electron chi connectivity index (χ2n) is 6.30. The number of pyridine rings is 1. The number of aryl methyl sites for hydroxylation is 1. The van der Waals surface area contributed by atoms with Crippen LogP contribution in [-0.4, -0.2) is 28.3 Å². The van der Waals surface area contributed by atoms with Crippen molar-refractivity contribution in [3.8, 4) is 0 Å². The second-order valence-corrected chi connectivity index (χ2v) is 6.30. The number of ether oxygens (including phenoxy) is 1. The summed E-state index contributed by atoms with van der Waals surface area (Å²) in [5.74, 6) is 0. The molecule has 1 saturated carbocycles. The van der Waals surface area contributed by atoms with Crippen molar-refractivity contribution in [2.45, 2.75) is 57.3 Å². The minimum Gasteiger partial charge on any atom is -0.378 e. The first-order valence-corrected chi connectivity index (χ1v) is 8.18. The Morgan fingerprint density at radius 3 is 3.10 bits per heavy atom. The van der Waals surface area contributed by atoms with E-state index in [9.17, 15) is 0 Å². The van der Waals surface area contributed by atoms with Crippen molar-refractivity contribution in [3.05, 3.63) is 30.1 Å². The zero-order valence-electron chi connectivity index (χ0n) is 12.4. The third kappa shape index (κ3) is 2.97. The molecule has 1 saturated heterocycles. The highest BCUT2D eigenvalue weighted by Crippen LogP contribution is 2.24. The lowest BCUT2D eigenvalue weighted by Crippen LogP contribution is -2.15. The van der Waals surface area contributed by atoms with Crippen molar-refractivity contribution >= 4 is 11.0 Å². The van der Waals surface area contributed by atoms with Gasteiger partial charge in [-0.1, -0.05) is 0 Å². The summed E-state index contributed by atoms with van der Waals surface area (Å²) in [6.45, 7) is 2.90. The van der Waals surface area contributed by atoms with E-state index >= 15 is 0 Å². The lowest BCUT2D eigenvalue weighted by molar-refractivity contribution is 0.101. The topological polar surface area (TPSA) is 39.1 Å². The predicted molar refractivity (Wildman–Crippen MR) is 83.2 cm³/mol. The summed E-state index contributed by atoms with van der Waals surface area (Å²) < 4.78 is 8.04. The third-order valence-corrected chi connectivity index (χ3v) is 4.59. The summed E-state index contributed by atoms with van der Waals surface area (Å²) in [6.07, 6.45) is 10.8. The Morgan fingerprint density at radius 1 is 1.33 bits per heavy atom. The van der Waals surface area contributed by atoms with Gasteiger partial charge in [-0.3, -0.25) is 0 Å². The highest BCUT2D eigenvalue weighted by molar-refractivity contribution is 5.80. The number of fused-ring (bicyclic) bond motifs is 1. The number of nitrogens with one attached hydrogen (secondary N) is 1. The van der Waals surface area contributed by atoms with Gasteiger partial charge in [-0.2, -0.15) is 0 Å². The van der Waals surface area contributed by atoms with Crippen molar-refractivity contribution < 1.29 is 4.74 Å². The van der Waals surface area contributed by atoms with E-state index in [1.165, 1.54) is 36.6 Å². The molecule has 1 unspecified atom stereocenters. The van der Waals surface area contributed by atoms with Crippen LogP contribution in [0.1, 0.15) is 37.7 Å². The van der Waals surface area contributed by atoms with Crippen LogP contribution in [-0.2, 0) is 17.8 Å². The Labute approximate surface area is 125 Å². The summed E-state index contributed by atoms with van der Waals surface area (Å²) in [4.78, 5) is 4.58. The molecule has 4 nitrogen and oxygen atoms in total. The molecule has 21 heavy (non-hydrogen) atoms. The molecule has 4 rings (SSSR count). The predicted octanol–water partition coefficient (Wildman–Crippen LogP) is 2.86. The molecule has 0 spiro atoms. The molecule has 2 aromatic rings. The standard InChI is InChI=1S/C17H23N3O/c1-4-16-13(11-19-14-5-6-14)12-20(17(16)18-8-1)9-7-15-3-2-10-21-15/h1,4,8,12,14-15,19H,2-3,5-7,9-11H2. The first-order valence-electron chi connectivity index (χ1n) is 8.18. The average molecular weight is 285 g/mol. The van der Waals surface area contributed by atoms with Crippen LogP contribution in [0.4, 0.5) is 0 Å². The summed E-state index contributed by atoms with van der Waals surface area (Å²) in [7, 11) is 0. The van der Waals surface area contributed by atoms with Crippen LogP contribution in [0.25, 0.3) is 11.0 Å². The maximum Gasteiger partial charge on any atom is 0.140 e. The Bertz CT molecular complexity index is 612. The molecular weight excluding hydrogens is 262 g/mol. The SMILES string of the molecule is c1cnc2c(c1)c(CNC1CC1)cn2CCC1CCCO1. The molecule has 1 aliphatic heterocycles. The van der Waals surface area contributed by atoms with Gasteiger partial charge < -0.3 is 14.6 Å². The van der Waals surface area contributed by atoms with E-state index in [1.54, 1.807) is 0 Å². The van der Waals surface area contributed by atoms with E-state index in [2.05, 4.69) is 27.1 Å². The van der Waals surface area contributed by atoms with Gasteiger partial charge in [-0.25, -0.2) is 4.98 Å². The van der Waals surface area contributed by atoms with Gasteiger partial charge >= 0.3 is 0 Å². The minimum atomic E-state index is 0.444. The summed E-state index contributed by atoms with van der Waals surface area (Å²) in [6, 6.07) is 4.97. The van der Waals surface area contributed by atoms with Gasteiger partial charge in [0.1, 0.15) is 5.65 Å². The number of hydrogen-bond acceptors (Lipinski definition) is 3. The van der Waals surface area contributed by atoms with E-state index in [4.69, 9.17) is 4.74 Å². The lowest BCUT2D eigenvalue weighted by atomic mass is 10.2. The molecular formula is C17H23N3O. The maximum atomic E-state index is 5.73. The van der Waals surface area contributed by atoms with Crippen molar-refractivity contribution in [1.82, 2.24) is 14.9 Å². The normalized spacial score (nSPS) is 22.2. The first-order chi connectivity index (χ1) is 10.4. The third-order valence-electron chi connectivity index (χ3n) is 4.59. The van der Waals surface area contributed by atoms with Crippen LogP contribution in [0, 0.1) is 0 Å². The van der Waals surface area contributed by atoms with Gasteiger partial charge in [-0.05, 0) is 49.8 Å². The Hall–Kier alpha value is -1.39. The second kappa shape index (κ2) is 5.78. The molecule has 2 fully saturated rings. The summed E-state index contributed by atoms with van der Waals surface area (Å²) in [5.41, 5.74) is 2.49. The highest BCUT2D eigenvalue weighted by Gasteiger charge is 2.21. The largest absolute Gasteiger partial charge is 0.378 e. The smallest absolute Gasteiger partial charge is 0.140 e. The van der Waals surface area contributed by atoms with E-state index in [-0.39, 0.29) is 0 Å². The van der Waals surface area contributed by atoms with Crippen LogP contribution in [0.15, 0.2) is 24.5 Å². The van der Waals surface area contributed by atoms with Crippen LogP contribution in [0.3, 0.4) is 0 Å². The summed E-state index contributed by atoms with van der Waals surface area (Å²) >= 11 is 0. The van der Waals surface area contributed by atoms with Crippen molar-refractivity contribution in [2.75, 3.05) is 6.61 Å². The van der Waals surface area contributed by atoms with E-state index in [1.807, 2.05) is 12.3 Å². The number of hydrogen-bond donors (Lipinski definition) is 1. The molecule has 1 aliphatic carbocycles. The van der Waals surface area contributed by atoms with Crippen LogP contribution in [0.2, 0.25) is 0 Å². The minimum absolute atomic E-state index is 0.444. The van der Waals surface area contributed by atoms with Crippen molar-refractivity contribution in [1.29, 1.82) is 0 Å². The molecule has 0 radical (unpaired) electrons. The molecule has 0 bridgehead atoms. The number of nitrogens with zero attached hydrogens (tertiary/aromatic N) is 2. The molecule has 0 amide bonds. The van der Waals surface area contributed by atoms with E-state index in [0.717, 1.165) is 37.8 Å². The van der Waals surface area contributed by atoms with Crippen LogP contribution in [0.5, 0.6) is 0 Å². The first kappa shape index (κ1) is 13.3. The van der Waals surface area contributed by atoms with Gasteiger partial charge in [-0.15, -0.1) is 0 Å². The van der Waals surface area contributed by atoms with E-state index in [0.29, 0.717) is 6.10 Å². The van der Waals surface area contributed by atoms with E-state index < -0.39 is 0 Å². The lowest BCUT2D eigenvalue weighted by Gasteiger charge is -2.10. The van der Waals surface area contributed by atoms with Gasteiger partial charge in [0.15, 0.2) is 0 Å². The average Bonchev–Trinajstić information content (AvgIpc) is 3.08. The fourth-order valence-electron chi connectivity index (χ4n) is 3.20. The zero-order chi connectivity index (χ0) is 14.1. The Morgan fingerprint density at radius 2 is 2.29 bits per heavy atom. The molecule has 0 aromatic carbocycles. The van der Waals surface area contributed by atoms with Gasteiger partial charge in [0.05, 0.1) is 6.10 Å². The van der Waals surface area contributed by atoms with Gasteiger partial charge in [0, 0.05) is 43.5 Å². The number of aromatic nitrogens is 2. The molecule has 1 atom stereocenters. The highest BCUT2D eigenvalue weighted by atomic mass is 16.5. The van der Waals surface area contributed by atoms with Crippen molar-refractivity contribution in [2.24, 2.45) is 0 Å². The monoisotopic (exact) mass is 285 g/mol. The maximum absolute atomic E-state index is 5.73.